The predicted octanol–water partition coefficient (Wildman–Crippen LogP) is 1.49. The number of fused-ring (bicyclic) bond motifs is 1. The molecule has 0 amide bonds. The molecule has 1 unspecified atom stereocenters. The Morgan fingerprint density at radius 3 is 3.17 bits per heavy atom. The van der Waals surface area contributed by atoms with Crippen molar-refractivity contribution in [3.05, 3.63) is 24.3 Å². The number of rotatable bonds is 0. The molecular formula is C10H9NO. The summed E-state index contributed by atoms with van der Waals surface area (Å²) in [5, 5.41) is 3.20. The summed E-state index contributed by atoms with van der Waals surface area (Å²) in [6.45, 7) is 0.688. The molecule has 60 valence electrons. The third-order valence-corrected chi connectivity index (χ3v) is 1.82. The molecule has 1 aromatic carbocycles. The molecule has 2 heteroatoms. The Hall–Kier alpha value is -1.62. The van der Waals surface area contributed by atoms with Crippen LogP contribution in [0.25, 0.3) is 0 Å². The van der Waals surface area contributed by atoms with E-state index in [2.05, 4.69) is 11.2 Å². The molecule has 0 radical (unpaired) electrons. The lowest BCUT2D eigenvalue weighted by Gasteiger charge is -2.23. The van der Waals surface area contributed by atoms with Crippen LogP contribution in [0.5, 0.6) is 5.75 Å². The van der Waals surface area contributed by atoms with Gasteiger partial charge in [0.25, 0.3) is 0 Å². The van der Waals surface area contributed by atoms with Crippen molar-refractivity contribution in [2.75, 3.05) is 11.9 Å². The molecule has 0 bridgehead atoms. The van der Waals surface area contributed by atoms with Gasteiger partial charge >= 0.3 is 0 Å². The van der Waals surface area contributed by atoms with Crippen molar-refractivity contribution < 1.29 is 4.74 Å². The molecule has 2 rings (SSSR count). The highest BCUT2D eigenvalue weighted by molar-refractivity contribution is 5.58. The summed E-state index contributed by atoms with van der Waals surface area (Å²) in [6.07, 6.45) is 5.11. The van der Waals surface area contributed by atoms with Crippen LogP contribution in [0.4, 0.5) is 5.69 Å². The molecule has 12 heavy (non-hydrogen) atoms. The van der Waals surface area contributed by atoms with E-state index in [4.69, 9.17) is 11.2 Å². The summed E-state index contributed by atoms with van der Waals surface area (Å²) in [6, 6.07) is 7.78. The molecule has 0 aliphatic carbocycles. The Morgan fingerprint density at radius 2 is 2.33 bits per heavy atom. The van der Waals surface area contributed by atoms with Crippen molar-refractivity contribution in [1.82, 2.24) is 0 Å². The van der Waals surface area contributed by atoms with Crippen molar-refractivity contribution in [2.24, 2.45) is 0 Å². The number of hydrogen-bond donors (Lipinski definition) is 1. The van der Waals surface area contributed by atoms with Gasteiger partial charge in [0.05, 0.1) is 12.2 Å². The first-order valence-corrected chi connectivity index (χ1v) is 3.86. The monoisotopic (exact) mass is 159 g/mol. The summed E-state index contributed by atoms with van der Waals surface area (Å²) in [5.74, 6) is 3.40. The highest BCUT2D eigenvalue weighted by Crippen LogP contribution is 2.27. The minimum absolute atomic E-state index is 0.139. The summed E-state index contributed by atoms with van der Waals surface area (Å²) in [5.41, 5.74) is 1.02. The highest BCUT2D eigenvalue weighted by Gasteiger charge is 2.15. The van der Waals surface area contributed by atoms with Crippen LogP contribution in [-0.4, -0.2) is 12.6 Å². The molecular weight excluding hydrogens is 150 g/mol. The second-order valence-corrected chi connectivity index (χ2v) is 2.65. The van der Waals surface area contributed by atoms with Gasteiger partial charge in [0.1, 0.15) is 5.75 Å². The number of terminal acetylenes is 1. The average Bonchev–Trinajstić information content (AvgIpc) is 2.17. The largest absolute Gasteiger partial charge is 0.474 e. The normalized spacial score (nSPS) is 19.8. The maximum atomic E-state index is 5.48. The molecule has 0 aromatic heterocycles. The average molecular weight is 159 g/mol. The first kappa shape index (κ1) is 7.05. The molecule has 1 aromatic rings. The predicted molar refractivity (Wildman–Crippen MR) is 48.2 cm³/mol. The van der Waals surface area contributed by atoms with Crippen LogP contribution in [0.15, 0.2) is 24.3 Å². The van der Waals surface area contributed by atoms with E-state index in [1.807, 2.05) is 24.3 Å². The fourth-order valence-electron chi connectivity index (χ4n) is 1.21. The molecule has 2 nitrogen and oxygen atoms in total. The van der Waals surface area contributed by atoms with Crippen LogP contribution in [0.1, 0.15) is 0 Å². The Bertz CT molecular complexity index is 327. The number of ether oxygens (including phenoxy) is 1. The summed E-state index contributed by atoms with van der Waals surface area (Å²) in [4.78, 5) is 0. The van der Waals surface area contributed by atoms with Crippen molar-refractivity contribution in [1.29, 1.82) is 0 Å². The number of benzene rings is 1. The second-order valence-electron chi connectivity index (χ2n) is 2.65. The van der Waals surface area contributed by atoms with Crippen LogP contribution < -0.4 is 10.1 Å². The molecule has 0 spiro atoms. The Morgan fingerprint density at radius 1 is 1.50 bits per heavy atom. The summed E-state index contributed by atoms with van der Waals surface area (Å²) < 4.78 is 5.48. The Labute approximate surface area is 71.5 Å². The number of hydrogen-bond acceptors (Lipinski definition) is 2. The smallest absolute Gasteiger partial charge is 0.176 e. The zero-order valence-corrected chi connectivity index (χ0v) is 6.58. The van der Waals surface area contributed by atoms with Gasteiger partial charge < -0.3 is 10.1 Å². The lowest BCUT2D eigenvalue weighted by atomic mass is 10.2. The van der Waals surface area contributed by atoms with Gasteiger partial charge in [-0.05, 0) is 12.1 Å². The van der Waals surface area contributed by atoms with E-state index in [-0.39, 0.29) is 6.10 Å². The van der Waals surface area contributed by atoms with Crippen LogP contribution in [-0.2, 0) is 0 Å². The van der Waals surface area contributed by atoms with Crippen molar-refractivity contribution in [3.8, 4) is 18.1 Å². The summed E-state index contributed by atoms with van der Waals surface area (Å²) in [7, 11) is 0. The highest BCUT2D eigenvalue weighted by atomic mass is 16.5. The molecule has 1 aliphatic rings. The maximum absolute atomic E-state index is 5.48. The van der Waals surface area contributed by atoms with Crippen LogP contribution in [0.3, 0.4) is 0 Å². The van der Waals surface area contributed by atoms with Crippen molar-refractivity contribution in [2.45, 2.75) is 6.10 Å². The van der Waals surface area contributed by atoms with Gasteiger partial charge in [-0.1, -0.05) is 18.1 Å². The molecule has 1 heterocycles. The number of anilines is 1. The quantitative estimate of drug-likeness (QED) is 0.579. The minimum Gasteiger partial charge on any atom is -0.474 e. The third-order valence-electron chi connectivity index (χ3n) is 1.82. The van der Waals surface area contributed by atoms with E-state index in [0.717, 1.165) is 11.4 Å². The molecule has 1 atom stereocenters. The maximum Gasteiger partial charge on any atom is 0.176 e. The fourth-order valence-corrected chi connectivity index (χ4v) is 1.21. The van der Waals surface area contributed by atoms with Gasteiger partial charge in [-0.15, -0.1) is 6.42 Å². The Balaban J connectivity index is 2.30. The topological polar surface area (TPSA) is 21.3 Å². The molecule has 0 saturated carbocycles. The first-order chi connectivity index (χ1) is 5.90. The van der Waals surface area contributed by atoms with Gasteiger partial charge in [0, 0.05) is 0 Å². The standard InChI is InChI=1S/C10H9NO/c1-2-8-7-11-9-5-3-4-6-10(9)12-8/h1,3-6,8,11H,7H2. The molecule has 1 N–H and O–H groups in total. The fraction of sp³-hybridized carbons (Fsp3) is 0.200. The zero-order valence-electron chi connectivity index (χ0n) is 6.58. The van der Waals surface area contributed by atoms with Crippen molar-refractivity contribution >= 4 is 5.69 Å². The second kappa shape index (κ2) is 2.78. The lowest BCUT2D eigenvalue weighted by Crippen LogP contribution is -2.28. The van der Waals surface area contributed by atoms with Crippen LogP contribution in [0.2, 0.25) is 0 Å². The summed E-state index contributed by atoms with van der Waals surface area (Å²) >= 11 is 0. The van der Waals surface area contributed by atoms with Crippen LogP contribution in [0, 0.1) is 12.3 Å². The number of nitrogens with one attached hydrogen (secondary N) is 1. The number of para-hydroxylation sites is 2. The van der Waals surface area contributed by atoms with E-state index in [1.54, 1.807) is 0 Å². The lowest BCUT2D eigenvalue weighted by molar-refractivity contribution is 0.262. The SMILES string of the molecule is C#CC1CNc2ccccc2O1. The molecule has 1 aliphatic heterocycles. The molecule has 0 fully saturated rings. The van der Waals surface area contributed by atoms with Gasteiger partial charge in [-0.3, -0.25) is 0 Å². The zero-order chi connectivity index (χ0) is 8.39. The van der Waals surface area contributed by atoms with Crippen LogP contribution >= 0.6 is 0 Å². The van der Waals surface area contributed by atoms with E-state index >= 15 is 0 Å². The van der Waals surface area contributed by atoms with E-state index < -0.39 is 0 Å². The first-order valence-electron chi connectivity index (χ1n) is 3.86. The van der Waals surface area contributed by atoms with Crippen molar-refractivity contribution in [3.63, 3.8) is 0 Å². The third kappa shape index (κ3) is 1.10. The minimum atomic E-state index is -0.139. The van der Waals surface area contributed by atoms with E-state index in [9.17, 15) is 0 Å². The molecule has 0 saturated heterocycles. The van der Waals surface area contributed by atoms with E-state index in [1.165, 1.54) is 0 Å². The van der Waals surface area contributed by atoms with Gasteiger partial charge in [-0.2, -0.15) is 0 Å². The van der Waals surface area contributed by atoms with Gasteiger partial charge in [0.2, 0.25) is 0 Å². The van der Waals surface area contributed by atoms with Gasteiger partial charge in [0.15, 0.2) is 6.10 Å². The Kier molecular flexibility index (Phi) is 1.64. The van der Waals surface area contributed by atoms with Gasteiger partial charge in [-0.25, -0.2) is 0 Å². The van der Waals surface area contributed by atoms with E-state index in [0.29, 0.717) is 6.54 Å².